The Balaban J connectivity index is 1.46. The van der Waals surface area contributed by atoms with Crippen molar-refractivity contribution in [2.24, 2.45) is 5.92 Å². The van der Waals surface area contributed by atoms with Gasteiger partial charge in [-0.15, -0.1) is 0 Å². The van der Waals surface area contributed by atoms with Gasteiger partial charge in [0.25, 0.3) is 5.91 Å². The van der Waals surface area contributed by atoms with Crippen molar-refractivity contribution in [1.82, 2.24) is 25.0 Å². The first-order valence-corrected chi connectivity index (χ1v) is 9.59. The van der Waals surface area contributed by atoms with Crippen LogP contribution in [0.2, 0.25) is 0 Å². The van der Waals surface area contributed by atoms with Crippen molar-refractivity contribution in [1.29, 1.82) is 0 Å². The van der Waals surface area contributed by atoms with Crippen molar-refractivity contribution in [3.8, 4) is 17.1 Å². The van der Waals surface area contributed by atoms with E-state index in [0.717, 1.165) is 41.2 Å². The molecule has 1 aliphatic heterocycles. The summed E-state index contributed by atoms with van der Waals surface area (Å²) in [5.74, 6) is 1.37. The van der Waals surface area contributed by atoms with Crippen LogP contribution in [0.4, 0.5) is 0 Å². The highest BCUT2D eigenvalue weighted by atomic mass is 16.5. The second kappa shape index (κ2) is 7.98. The Labute approximate surface area is 168 Å². The van der Waals surface area contributed by atoms with Crippen LogP contribution in [0.25, 0.3) is 11.3 Å². The van der Waals surface area contributed by atoms with Crippen molar-refractivity contribution in [3.63, 3.8) is 0 Å². The van der Waals surface area contributed by atoms with E-state index in [2.05, 4.69) is 15.1 Å². The fourth-order valence-corrected chi connectivity index (χ4v) is 3.84. The number of aryl methyl sites for hydroxylation is 2. The molecule has 4 rings (SSSR count). The molecule has 1 fully saturated rings. The van der Waals surface area contributed by atoms with E-state index in [1.807, 2.05) is 18.7 Å². The maximum atomic E-state index is 12.9. The Morgan fingerprint density at radius 1 is 1.34 bits per heavy atom. The summed E-state index contributed by atoms with van der Waals surface area (Å²) in [6, 6.07) is 3.50. The van der Waals surface area contributed by atoms with E-state index in [4.69, 9.17) is 14.2 Å². The molecule has 0 N–H and O–H groups in total. The summed E-state index contributed by atoms with van der Waals surface area (Å²) in [6.07, 6.45) is 6.82. The summed E-state index contributed by atoms with van der Waals surface area (Å²) in [4.78, 5) is 28.0. The van der Waals surface area contributed by atoms with E-state index in [9.17, 15) is 4.79 Å². The van der Waals surface area contributed by atoms with Gasteiger partial charge in [-0.05, 0) is 44.7 Å². The van der Waals surface area contributed by atoms with Crippen LogP contribution in [0.3, 0.4) is 0 Å². The summed E-state index contributed by atoms with van der Waals surface area (Å²) in [5, 5.41) is 4.00. The van der Waals surface area contributed by atoms with Gasteiger partial charge in [0, 0.05) is 25.5 Å². The van der Waals surface area contributed by atoms with Crippen molar-refractivity contribution in [2.45, 2.75) is 26.7 Å². The minimum absolute atomic E-state index is 0.0481. The van der Waals surface area contributed by atoms with Gasteiger partial charge in [-0.2, -0.15) is 0 Å². The van der Waals surface area contributed by atoms with Crippen LogP contribution in [-0.4, -0.2) is 51.1 Å². The number of methoxy groups -OCH3 is 1. The maximum absolute atomic E-state index is 12.9. The molecule has 0 spiro atoms. The minimum Gasteiger partial charge on any atom is -0.480 e. The molecule has 1 amide bonds. The molecule has 1 unspecified atom stereocenters. The molecule has 4 heterocycles. The SMILES string of the molecule is COc1ncccc1C(=O)N1CCC(Cc2cncc(-c3c(C)noc3C)n2)C1. The first kappa shape index (κ1) is 19.0. The minimum atomic E-state index is -0.0481. The first-order chi connectivity index (χ1) is 14.1. The van der Waals surface area contributed by atoms with Gasteiger partial charge >= 0.3 is 0 Å². The molecule has 1 saturated heterocycles. The average Bonchev–Trinajstić information content (AvgIpc) is 3.33. The predicted octanol–water partition coefficient (Wildman–Crippen LogP) is 2.86. The van der Waals surface area contributed by atoms with Crippen molar-refractivity contribution in [2.75, 3.05) is 20.2 Å². The molecule has 3 aromatic rings. The molecule has 1 atom stereocenters. The lowest BCUT2D eigenvalue weighted by atomic mass is 10.0. The zero-order valence-electron chi connectivity index (χ0n) is 16.8. The third kappa shape index (κ3) is 3.83. The number of carbonyl (C=O) groups excluding carboxylic acids is 1. The molecule has 29 heavy (non-hydrogen) atoms. The monoisotopic (exact) mass is 393 g/mol. The van der Waals surface area contributed by atoms with Crippen LogP contribution >= 0.6 is 0 Å². The van der Waals surface area contributed by atoms with E-state index in [-0.39, 0.29) is 5.91 Å². The van der Waals surface area contributed by atoms with Gasteiger partial charge in [-0.25, -0.2) is 9.97 Å². The third-order valence-corrected chi connectivity index (χ3v) is 5.24. The molecular formula is C21H23N5O3. The highest BCUT2D eigenvalue weighted by Crippen LogP contribution is 2.27. The summed E-state index contributed by atoms with van der Waals surface area (Å²) < 4.78 is 10.5. The smallest absolute Gasteiger partial charge is 0.259 e. The standard InChI is InChI=1S/C21H23N5O3/c1-13-19(14(2)29-25-13)18-11-22-10-16(24-18)9-15-6-8-26(12-15)21(27)17-5-4-7-23-20(17)28-3/h4-5,7,10-11,15H,6,8-9,12H2,1-3H3. The quantitative estimate of drug-likeness (QED) is 0.658. The maximum Gasteiger partial charge on any atom is 0.259 e. The van der Waals surface area contributed by atoms with E-state index in [1.54, 1.807) is 30.7 Å². The largest absolute Gasteiger partial charge is 0.480 e. The Hall–Kier alpha value is -3.29. The highest BCUT2D eigenvalue weighted by Gasteiger charge is 2.29. The van der Waals surface area contributed by atoms with Gasteiger partial charge in [0.2, 0.25) is 5.88 Å². The van der Waals surface area contributed by atoms with Crippen LogP contribution in [0.15, 0.2) is 35.2 Å². The average molecular weight is 393 g/mol. The topological polar surface area (TPSA) is 94.2 Å². The van der Waals surface area contributed by atoms with Gasteiger partial charge in [0.1, 0.15) is 11.3 Å². The molecule has 0 saturated carbocycles. The van der Waals surface area contributed by atoms with Gasteiger partial charge < -0.3 is 14.2 Å². The van der Waals surface area contributed by atoms with Crippen molar-refractivity contribution >= 4 is 5.91 Å². The lowest BCUT2D eigenvalue weighted by Crippen LogP contribution is -2.29. The zero-order chi connectivity index (χ0) is 20.4. The lowest BCUT2D eigenvalue weighted by molar-refractivity contribution is 0.0783. The van der Waals surface area contributed by atoms with Gasteiger partial charge in [-0.1, -0.05) is 5.16 Å². The molecule has 0 aromatic carbocycles. The second-order valence-corrected chi connectivity index (χ2v) is 7.27. The number of ether oxygens (including phenoxy) is 1. The Morgan fingerprint density at radius 3 is 2.97 bits per heavy atom. The third-order valence-electron chi connectivity index (χ3n) is 5.24. The number of pyridine rings is 1. The number of carbonyl (C=O) groups is 1. The molecule has 0 radical (unpaired) electrons. The Bertz CT molecular complexity index is 1010. The normalized spacial score (nSPS) is 16.2. The summed E-state index contributed by atoms with van der Waals surface area (Å²) >= 11 is 0. The van der Waals surface area contributed by atoms with Gasteiger partial charge in [0.15, 0.2) is 0 Å². The zero-order valence-corrected chi connectivity index (χ0v) is 16.8. The fourth-order valence-electron chi connectivity index (χ4n) is 3.84. The molecule has 3 aromatic heterocycles. The number of aromatic nitrogens is 4. The lowest BCUT2D eigenvalue weighted by Gasteiger charge is -2.17. The molecule has 8 nitrogen and oxygen atoms in total. The summed E-state index contributed by atoms with van der Waals surface area (Å²) in [6.45, 7) is 5.15. The van der Waals surface area contributed by atoms with E-state index < -0.39 is 0 Å². The molecular weight excluding hydrogens is 370 g/mol. The van der Waals surface area contributed by atoms with Crippen LogP contribution in [-0.2, 0) is 6.42 Å². The Kier molecular flexibility index (Phi) is 5.24. The number of hydrogen-bond donors (Lipinski definition) is 0. The van der Waals surface area contributed by atoms with Crippen LogP contribution in [0, 0.1) is 19.8 Å². The molecule has 8 heteroatoms. The summed E-state index contributed by atoms with van der Waals surface area (Å²) in [7, 11) is 1.52. The van der Waals surface area contributed by atoms with Crippen LogP contribution in [0.1, 0.15) is 33.9 Å². The molecule has 150 valence electrons. The van der Waals surface area contributed by atoms with Crippen molar-refractivity contribution in [3.05, 3.63) is 53.4 Å². The fraction of sp³-hybridized carbons (Fsp3) is 0.381. The van der Waals surface area contributed by atoms with Crippen LogP contribution in [0.5, 0.6) is 5.88 Å². The number of amides is 1. The van der Waals surface area contributed by atoms with E-state index >= 15 is 0 Å². The number of hydrogen-bond acceptors (Lipinski definition) is 7. The number of likely N-dealkylation sites (tertiary alicyclic amines) is 1. The Morgan fingerprint density at radius 2 is 2.21 bits per heavy atom. The molecule has 0 aliphatic carbocycles. The predicted molar refractivity (Wildman–Crippen MR) is 106 cm³/mol. The summed E-state index contributed by atoms with van der Waals surface area (Å²) in [5.41, 5.74) is 3.87. The highest BCUT2D eigenvalue weighted by molar-refractivity contribution is 5.96. The second-order valence-electron chi connectivity index (χ2n) is 7.27. The molecule has 0 bridgehead atoms. The number of rotatable bonds is 5. The van der Waals surface area contributed by atoms with Crippen LogP contribution < -0.4 is 4.74 Å². The van der Waals surface area contributed by atoms with Crippen molar-refractivity contribution < 1.29 is 14.1 Å². The van der Waals surface area contributed by atoms with Gasteiger partial charge in [0.05, 0.1) is 36.0 Å². The van der Waals surface area contributed by atoms with E-state index in [0.29, 0.717) is 30.5 Å². The van der Waals surface area contributed by atoms with Gasteiger partial charge in [-0.3, -0.25) is 9.78 Å². The number of nitrogens with zero attached hydrogens (tertiary/aromatic N) is 5. The molecule has 1 aliphatic rings. The first-order valence-electron chi connectivity index (χ1n) is 9.59. The van der Waals surface area contributed by atoms with E-state index in [1.165, 1.54) is 7.11 Å².